The maximum absolute atomic E-state index is 12.0. The van der Waals surface area contributed by atoms with Gasteiger partial charge in [-0.1, -0.05) is 6.92 Å². The van der Waals surface area contributed by atoms with Crippen molar-refractivity contribution in [3.05, 3.63) is 18.0 Å². The Morgan fingerprint density at radius 1 is 1.67 bits per heavy atom. The highest BCUT2D eigenvalue weighted by atomic mass is 35.5. The molecule has 0 saturated carbocycles. The maximum atomic E-state index is 12.0. The average Bonchev–Trinajstić information content (AvgIpc) is 2.81. The van der Waals surface area contributed by atoms with Crippen molar-refractivity contribution in [3.63, 3.8) is 0 Å². The summed E-state index contributed by atoms with van der Waals surface area (Å²) in [7, 11) is 0. The van der Waals surface area contributed by atoms with Crippen LogP contribution in [0.4, 0.5) is 0 Å². The molecule has 0 aromatic carbocycles. The van der Waals surface area contributed by atoms with E-state index in [0.29, 0.717) is 11.5 Å². The smallest absolute Gasteiger partial charge is 0.254 e. The fourth-order valence-electron chi connectivity index (χ4n) is 2.13. The number of halogens is 1. The van der Waals surface area contributed by atoms with Crippen molar-refractivity contribution in [1.82, 2.24) is 20.4 Å². The summed E-state index contributed by atoms with van der Waals surface area (Å²) in [4.78, 5) is 12.0. The molecule has 2 heterocycles. The molecular weight excluding hydrogens is 252 g/mol. The number of carbonyl (C=O) groups is 1. The highest BCUT2D eigenvalue weighted by Crippen LogP contribution is 2.11. The summed E-state index contributed by atoms with van der Waals surface area (Å²) in [5.74, 6) is 0.470. The second-order valence-electron chi connectivity index (χ2n) is 4.63. The second-order valence-corrected chi connectivity index (χ2v) is 4.63. The molecule has 0 spiro atoms. The number of amides is 1. The van der Waals surface area contributed by atoms with Gasteiger partial charge in [-0.2, -0.15) is 5.10 Å². The standard InChI is InChI=1S/C12H20N4O.ClH/c1-3-16-8-10(7-14-16)12(17)15-11-4-5-13-6-9(11)2;/h7-9,11,13H,3-6H2,1-2H3,(H,15,17);1H. The molecule has 18 heavy (non-hydrogen) atoms. The first-order valence-corrected chi connectivity index (χ1v) is 6.24. The van der Waals surface area contributed by atoms with Gasteiger partial charge in [0.1, 0.15) is 0 Å². The van der Waals surface area contributed by atoms with Crippen LogP contribution >= 0.6 is 12.4 Å². The number of aryl methyl sites for hydroxylation is 1. The highest BCUT2D eigenvalue weighted by Gasteiger charge is 2.23. The Morgan fingerprint density at radius 3 is 3.06 bits per heavy atom. The van der Waals surface area contributed by atoms with Crippen molar-refractivity contribution in [2.75, 3.05) is 13.1 Å². The lowest BCUT2D eigenvalue weighted by Gasteiger charge is -2.30. The molecule has 2 N–H and O–H groups in total. The van der Waals surface area contributed by atoms with Gasteiger partial charge in [-0.3, -0.25) is 9.48 Å². The number of aromatic nitrogens is 2. The van der Waals surface area contributed by atoms with Crippen LogP contribution in [-0.2, 0) is 6.54 Å². The number of nitrogens with one attached hydrogen (secondary N) is 2. The number of hydrogen-bond acceptors (Lipinski definition) is 3. The lowest BCUT2D eigenvalue weighted by Crippen LogP contribution is -2.48. The molecule has 1 aliphatic heterocycles. The SMILES string of the molecule is CCn1cc(C(=O)NC2CCNCC2C)cn1.Cl. The van der Waals surface area contributed by atoms with Crippen LogP contribution in [0.2, 0.25) is 0 Å². The summed E-state index contributed by atoms with van der Waals surface area (Å²) in [6.45, 7) is 6.90. The van der Waals surface area contributed by atoms with Gasteiger partial charge >= 0.3 is 0 Å². The van der Waals surface area contributed by atoms with Crippen LogP contribution in [0.1, 0.15) is 30.6 Å². The third kappa shape index (κ3) is 3.46. The van der Waals surface area contributed by atoms with E-state index in [2.05, 4.69) is 22.7 Å². The maximum Gasteiger partial charge on any atom is 0.254 e. The lowest BCUT2D eigenvalue weighted by atomic mass is 9.95. The van der Waals surface area contributed by atoms with Crippen molar-refractivity contribution >= 4 is 18.3 Å². The van der Waals surface area contributed by atoms with Crippen LogP contribution in [0.3, 0.4) is 0 Å². The molecule has 1 fully saturated rings. The minimum absolute atomic E-state index is 0. The molecule has 2 atom stereocenters. The predicted octanol–water partition coefficient (Wildman–Crippen LogP) is 1.05. The van der Waals surface area contributed by atoms with Gasteiger partial charge in [0.2, 0.25) is 0 Å². The van der Waals surface area contributed by atoms with E-state index in [4.69, 9.17) is 0 Å². The van der Waals surface area contributed by atoms with E-state index in [1.165, 1.54) is 0 Å². The average molecular weight is 273 g/mol. The Morgan fingerprint density at radius 2 is 2.44 bits per heavy atom. The number of carbonyl (C=O) groups excluding carboxylic acids is 1. The van der Waals surface area contributed by atoms with Crippen molar-refractivity contribution < 1.29 is 4.79 Å². The van der Waals surface area contributed by atoms with Crippen molar-refractivity contribution in [1.29, 1.82) is 0 Å². The third-order valence-corrected chi connectivity index (χ3v) is 3.32. The Balaban J connectivity index is 0.00000162. The molecule has 1 saturated heterocycles. The third-order valence-electron chi connectivity index (χ3n) is 3.32. The normalized spacial score (nSPS) is 23.2. The van der Waals surface area contributed by atoms with E-state index in [1.54, 1.807) is 17.1 Å². The Hall–Kier alpha value is -1.07. The van der Waals surface area contributed by atoms with Gasteiger partial charge in [0.25, 0.3) is 5.91 Å². The van der Waals surface area contributed by atoms with Gasteiger partial charge in [-0.25, -0.2) is 0 Å². The summed E-state index contributed by atoms with van der Waals surface area (Å²) in [6.07, 6.45) is 4.42. The molecule has 0 bridgehead atoms. The Kier molecular flexibility index (Phi) is 5.62. The number of nitrogens with zero attached hydrogens (tertiary/aromatic N) is 2. The molecule has 1 aliphatic rings. The van der Waals surface area contributed by atoms with Crippen molar-refractivity contribution in [2.45, 2.75) is 32.9 Å². The molecular formula is C12H21ClN4O. The van der Waals surface area contributed by atoms with Gasteiger partial charge in [0, 0.05) is 18.8 Å². The van der Waals surface area contributed by atoms with Crippen LogP contribution in [0, 0.1) is 5.92 Å². The summed E-state index contributed by atoms with van der Waals surface area (Å²) in [6, 6.07) is 0.272. The molecule has 1 amide bonds. The molecule has 102 valence electrons. The zero-order valence-corrected chi connectivity index (χ0v) is 11.7. The summed E-state index contributed by atoms with van der Waals surface area (Å²) >= 11 is 0. The minimum atomic E-state index is -0.0107. The van der Waals surface area contributed by atoms with Crippen molar-refractivity contribution in [3.8, 4) is 0 Å². The molecule has 2 rings (SSSR count). The molecule has 0 aliphatic carbocycles. The summed E-state index contributed by atoms with van der Waals surface area (Å²) in [5, 5.41) is 10.5. The first kappa shape index (κ1) is 15.0. The van der Waals surface area contributed by atoms with Gasteiger partial charge in [0.05, 0.1) is 11.8 Å². The minimum Gasteiger partial charge on any atom is -0.349 e. The summed E-state index contributed by atoms with van der Waals surface area (Å²) in [5.41, 5.74) is 0.651. The lowest BCUT2D eigenvalue weighted by molar-refractivity contribution is 0.0914. The van der Waals surface area contributed by atoms with E-state index < -0.39 is 0 Å². The molecule has 1 aromatic heterocycles. The van der Waals surface area contributed by atoms with Crippen LogP contribution in [0.5, 0.6) is 0 Å². The van der Waals surface area contributed by atoms with E-state index in [0.717, 1.165) is 26.1 Å². The number of piperidine rings is 1. The summed E-state index contributed by atoms with van der Waals surface area (Å²) < 4.78 is 1.76. The fourth-order valence-corrected chi connectivity index (χ4v) is 2.13. The van der Waals surface area contributed by atoms with E-state index >= 15 is 0 Å². The van der Waals surface area contributed by atoms with Crippen LogP contribution in [-0.4, -0.2) is 34.8 Å². The fraction of sp³-hybridized carbons (Fsp3) is 0.667. The monoisotopic (exact) mass is 272 g/mol. The molecule has 0 radical (unpaired) electrons. The van der Waals surface area contributed by atoms with Gasteiger partial charge in [0.15, 0.2) is 0 Å². The number of rotatable bonds is 3. The van der Waals surface area contributed by atoms with Crippen LogP contribution < -0.4 is 10.6 Å². The van der Waals surface area contributed by atoms with Gasteiger partial charge in [-0.15, -0.1) is 12.4 Å². The van der Waals surface area contributed by atoms with Crippen LogP contribution in [0.15, 0.2) is 12.4 Å². The van der Waals surface area contributed by atoms with E-state index in [9.17, 15) is 4.79 Å². The van der Waals surface area contributed by atoms with E-state index in [1.807, 2.05) is 6.92 Å². The zero-order valence-electron chi connectivity index (χ0n) is 10.8. The van der Waals surface area contributed by atoms with Gasteiger partial charge < -0.3 is 10.6 Å². The van der Waals surface area contributed by atoms with Crippen LogP contribution in [0.25, 0.3) is 0 Å². The Labute approximate surface area is 114 Å². The predicted molar refractivity (Wildman–Crippen MR) is 73.1 cm³/mol. The highest BCUT2D eigenvalue weighted by molar-refractivity contribution is 5.93. The first-order chi connectivity index (χ1) is 8.20. The van der Waals surface area contributed by atoms with Gasteiger partial charge in [-0.05, 0) is 32.4 Å². The van der Waals surface area contributed by atoms with E-state index in [-0.39, 0.29) is 24.4 Å². The zero-order chi connectivity index (χ0) is 12.3. The molecule has 6 heteroatoms. The van der Waals surface area contributed by atoms with Crippen molar-refractivity contribution in [2.24, 2.45) is 5.92 Å². The molecule has 1 aromatic rings. The molecule has 2 unspecified atom stereocenters. The quantitative estimate of drug-likeness (QED) is 0.865. The Bertz CT molecular complexity index is 393. The first-order valence-electron chi connectivity index (χ1n) is 6.24. The molecule has 5 nitrogen and oxygen atoms in total. The second kappa shape index (κ2) is 6.75. The number of hydrogen-bond donors (Lipinski definition) is 2. The largest absolute Gasteiger partial charge is 0.349 e. The topological polar surface area (TPSA) is 59.0 Å².